The number of benzene rings is 2. The predicted octanol–water partition coefficient (Wildman–Crippen LogP) is 6.10. The van der Waals surface area contributed by atoms with E-state index >= 15 is 0 Å². The summed E-state index contributed by atoms with van der Waals surface area (Å²) in [6.45, 7) is 6.06. The van der Waals surface area contributed by atoms with Crippen LogP contribution in [-0.2, 0) is 0 Å². The van der Waals surface area contributed by atoms with E-state index in [1.54, 1.807) is 6.20 Å². The normalized spacial score (nSPS) is 10.9. The summed E-state index contributed by atoms with van der Waals surface area (Å²) in [5.74, 6) is 0.843. The first-order chi connectivity index (χ1) is 13.5. The van der Waals surface area contributed by atoms with Gasteiger partial charge in [0.1, 0.15) is 5.76 Å². The largest absolute Gasteiger partial charge is 0.361 e. The van der Waals surface area contributed by atoms with Crippen LogP contribution in [0.25, 0.3) is 22.3 Å². The maximum atomic E-state index is 5.35. The lowest BCUT2D eigenvalue weighted by atomic mass is 10.0. The first kappa shape index (κ1) is 18.0. The Labute approximate surface area is 165 Å². The van der Waals surface area contributed by atoms with Crippen molar-refractivity contribution in [2.24, 2.45) is 0 Å². The topological polar surface area (TPSA) is 42.2 Å². The van der Waals surface area contributed by atoms with Crippen LogP contribution < -0.4 is 4.90 Å². The van der Waals surface area contributed by atoms with E-state index in [2.05, 4.69) is 77.5 Å². The van der Waals surface area contributed by atoms with Crippen molar-refractivity contribution in [1.82, 2.24) is 10.1 Å². The number of aromatic nitrogens is 2. The molecule has 2 heterocycles. The molecular formula is C24H23N3O. The minimum atomic E-state index is 0.843. The van der Waals surface area contributed by atoms with Gasteiger partial charge in [-0.3, -0.25) is 4.98 Å². The van der Waals surface area contributed by atoms with Gasteiger partial charge < -0.3 is 9.42 Å². The summed E-state index contributed by atoms with van der Waals surface area (Å²) in [4.78, 5) is 6.42. The molecule has 4 nitrogen and oxygen atoms in total. The number of pyridine rings is 1. The summed E-state index contributed by atoms with van der Waals surface area (Å²) >= 11 is 0. The summed E-state index contributed by atoms with van der Waals surface area (Å²) in [6, 6.07) is 19.1. The second kappa shape index (κ2) is 7.31. The molecule has 0 unspecified atom stereocenters. The molecule has 4 heteroatoms. The first-order valence-corrected chi connectivity index (χ1v) is 9.32. The third kappa shape index (κ3) is 3.29. The molecule has 0 amide bonds. The second-order valence-electron chi connectivity index (χ2n) is 7.05. The van der Waals surface area contributed by atoms with Gasteiger partial charge in [0.25, 0.3) is 0 Å². The zero-order chi connectivity index (χ0) is 19.7. The Hall–Kier alpha value is -3.40. The smallest absolute Gasteiger partial charge is 0.141 e. The van der Waals surface area contributed by atoms with E-state index in [9.17, 15) is 0 Å². The monoisotopic (exact) mass is 369 g/mol. The Morgan fingerprint density at radius 3 is 2.25 bits per heavy atom. The third-order valence-electron chi connectivity index (χ3n) is 5.14. The highest BCUT2D eigenvalue weighted by Gasteiger charge is 2.15. The van der Waals surface area contributed by atoms with E-state index in [0.717, 1.165) is 45.1 Å². The van der Waals surface area contributed by atoms with Gasteiger partial charge in [-0.25, -0.2) is 0 Å². The molecule has 0 atom stereocenters. The highest BCUT2D eigenvalue weighted by atomic mass is 16.5. The number of aryl methyl sites for hydroxylation is 3. The molecule has 0 aliphatic heterocycles. The van der Waals surface area contributed by atoms with Crippen LogP contribution in [0.4, 0.5) is 11.4 Å². The third-order valence-corrected chi connectivity index (χ3v) is 5.14. The molecule has 0 spiro atoms. The molecule has 2 aromatic carbocycles. The van der Waals surface area contributed by atoms with Crippen LogP contribution in [0, 0.1) is 20.8 Å². The van der Waals surface area contributed by atoms with Gasteiger partial charge in [0.15, 0.2) is 0 Å². The van der Waals surface area contributed by atoms with Crippen LogP contribution in [-0.4, -0.2) is 17.2 Å². The fraction of sp³-hybridized carbons (Fsp3) is 0.167. The molecule has 0 saturated carbocycles. The highest BCUT2D eigenvalue weighted by molar-refractivity contribution is 5.77. The molecular weight excluding hydrogens is 346 g/mol. The van der Waals surface area contributed by atoms with Gasteiger partial charge in [0.2, 0.25) is 0 Å². The Kier molecular flexibility index (Phi) is 4.70. The number of anilines is 2. The van der Waals surface area contributed by atoms with Crippen LogP contribution >= 0.6 is 0 Å². The zero-order valence-electron chi connectivity index (χ0n) is 16.6. The fourth-order valence-corrected chi connectivity index (χ4v) is 3.57. The van der Waals surface area contributed by atoms with Crippen molar-refractivity contribution >= 4 is 11.4 Å². The highest BCUT2D eigenvalue weighted by Crippen LogP contribution is 2.34. The Balaban J connectivity index is 1.68. The lowest BCUT2D eigenvalue weighted by molar-refractivity contribution is 0.393. The minimum absolute atomic E-state index is 0.843. The Bertz CT molecular complexity index is 1080. The van der Waals surface area contributed by atoms with Crippen molar-refractivity contribution in [3.63, 3.8) is 0 Å². The first-order valence-electron chi connectivity index (χ1n) is 9.32. The molecule has 4 aromatic rings. The molecule has 4 rings (SSSR count). The van der Waals surface area contributed by atoms with Gasteiger partial charge in [-0.15, -0.1) is 0 Å². The average molecular weight is 369 g/mol. The molecule has 0 fully saturated rings. The van der Waals surface area contributed by atoms with Crippen molar-refractivity contribution in [3.8, 4) is 22.3 Å². The van der Waals surface area contributed by atoms with Crippen molar-refractivity contribution in [2.75, 3.05) is 11.9 Å². The van der Waals surface area contributed by atoms with Crippen LogP contribution in [0.1, 0.15) is 17.0 Å². The maximum absolute atomic E-state index is 5.35. The van der Waals surface area contributed by atoms with E-state index in [4.69, 9.17) is 4.52 Å². The second-order valence-corrected chi connectivity index (χ2v) is 7.05. The van der Waals surface area contributed by atoms with Crippen molar-refractivity contribution in [3.05, 3.63) is 84.0 Å². The fourth-order valence-electron chi connectivity index (χ4n) is 3.57. The summed E-state index contributed by atoms with van der Waals surface area (Å²) in [5.41, 5.74) is 8.89. The summed E-state index contributed by atoms with van der Waals surface area (Å²) in [5, 5.41) is 4.09. The molecule has 0 aliphatic carbocycles. The molecule has 0 saturated heterocycles. The number of hydrogen-bond donors (Lipinski definition) is 0. The van der Waals surface area contributed by atoms with E-state index in [1.165, 1.54) is 5.56 Å². The van der Waals surface area contributed by atoms with Gasteiger partial charge in [-0.2, -0.15) is 0 Å². The molecule has 28 heavy (non-hydrogen) atoms. The molecule has 0 radical (unpaired) electrons. The average Bonchev–Trinajstić information content (AvgIpc) is 3.07. The van der Waals surface area contributed by atoms with Crippen molar-refractivity contribution in [2.45, 2.75) is 20.8 Å². The summed E-state index contributed by atoms with van der Waals surface area (Å²) in [7, 11) is 2.10. The van der Waals surface area contributed by atoms with Gasteiger partial charge in [0, 0.05) is 36.4 Å². The Morgan fingerprint density at radius 2 is 1.61 bits per heavy atom. The Morgan fingerprint density at radius 1 is 0.857 bits per heavy atom. The lowest BCUT2D eigenvalue weighted by Crippen LogP contribution is -2.11. The van der Waals surface area contributed by atoms with E-state index in [-0.39, 0.29) is 0 Å². The van der Waals surface area contributed by atoms with Crippen LogP contribution in [0.2, 0.25) is 0 Å². The molecule has 140 valence electrons. The number of nitrogens with zero attached hydrogens (tertiary/aromatic N) is 3. The SMILES string of the molecule is Cc1ccc(-c2c(C)noc2C)cc1N(C)c1ccc(-c2cccnc2)cc1. The quantitative estimate of drug-likeness (QED) is 0.436. The molecule has 0 aliphatic rings. The van der Waals surface area contributed by atoms with Gasteiger partial charge >= 0.3 is 0 Å². The predicted molar refractivity (Wildman–Crippen MR) is 114 cm³/mol. The van der Waals surface area contributed by atoms with Crippen LogP contribution in [0.5, 0.6) is 0 Å². The molecule has 0 bridgehead atoms. The molecule has 0 N–H and O–H groups in total. The van der Waals surface area contributed by atoms with Crippen molar-refractivity contribution < 1.29 is 4.52 Å². The van der Waals surface area contributed by atoms with Gasteiger partial charge in [-0.05, 0) is 67.3 Å². The molecule has 2 aromatic heterocycles. The number of rotatable bonds is 4. The van der Waals surface area contributed by atoms with E-state index in [1.807, 2.05) is 26.1 Å². The lowest BCUT2D eigenvalue weighted by Gasteiger charge is -2.23. The van der Waals surface area contributed by atoms with Crippen LogP contribution in [0.15, 0.2) is 71.5 Å². The van der Waals surface area contributed by atoms with E-state index < -0.39 is 0 Å². The standard InChI is InChI=1S/C24H23N3O/c1-16-7-8-20(24-17(2)26-28-18(24)3)14-23(16)27(4)22-11-9-19(10-12-22)21-6-5-13-25-15-21/h5-15H,1-4H3. The zero-order valence-corrected chi connectivity index (χ0v) is 16.6. The summed E-state index contributed by atoms with van der Waals surface area (Å²) < 4.78 is 5.35. The summed E-state index contributed by atoms with van der Waals surface area (Å²) in [6.07, 6.45) is 3.68. The van der Waals surface area contributed by atoms with E-state index in [0.29, 0.717) is 0 Å². The van der Waals surface area contributed by atoms with Crippen molar-refractivity contribution in [1.29, 1.82) is 0 Å². The number of hydrogen-bond acceptors (Lipinski definition) is 4. The maximum Gasteiger partial charge on any atom is 0.141 e. The van der Waals surface area contributed by atoms with Gasteiger partial charge in [-0.1, -0.05) is 35.5 Å². The van der Waals surface area contributed by atoms with Gasteiger partial charge in [0.05, 0.1) is 5.69 Å². The minimum Gasteiger partial charge on any atom is -0.361 e. The van der Waals surface area contributed by atoms with Crippen LogP contribution in [0.3, 0.4) is 0 Å².